The molecule has 138 valence electrons. The number of unbranched alkanes of at least 4 members (excludes halogenated alkanes) is 1. The number of hydrogen-bond donors (Lipinski definition) is 0. The van der Waals surface area contributed by atoms with E-state index in [2.05, 4.69) is 16.8 Å². The van der Waals surface area contributed by atoms with E-state index in [9.17, 15) is 4.79 Å². The van der Waals surface area contributed by atoms with Gasteiger partial charge < -0.3 is 9.32 Å². The number of fused-ring (bicyclic) bond motifs is 1. The topological polar surface area (TPSA) is 45.8 Å². The molecule has 1 aromatic heterocycles. The lowest BCUT2D eigenvalue weighted by Gasteiger charge is -2.21. The van der Waals surface area contributed by atoms with Crippen LogP contribution in [0.2, 0.25) is 0 Å². The van der Waals surface area contributed by atoms with Gasteiger partial charge in [-0.15, -0.1) is 0 Å². The van der Waals surface area contributed by atoms with Gasteiger partial charge in [0.2, 0.25) is 0 Å². The summed E-state index contributed by atoms with van der Waals surface area (Å²) in [5.74, 6) is 0.709. The largest absolute Gasteiger partial charge is 0.461 e. The van der Waals surface area contributed by atoms with Crippen molar-refractivity contribution in [2.24, 2.45) is 4.99 Å². The van der Waals surface area contributed by atoms with E-state index in [1.165, 1.54) is 25.7 Å². The molecule has 4 rings (SSSR count). The molecule has 2 fully saturated rings. The zero-order valence-corrected chi connectivity index (χ0v) is 16.4. The molecule has 1 spiro atoms. The number of nitrogens with zero attached hydrogens (tertiary/aromatic N) is 2. The molecule has 0 atom stereocenters. The van der Waals surface area contributed by atoms with Gasteiger partial charge >= 0.3 is 0 Å². The van der Waals surface area contributed by atoms with E-state index in [1.54, 1.807) is 0 Å². The van der Waals surface area contributed by atoms with Crippen LogP contribution in [0.3, 0.4) is 0 Å². The number of benzene rings is 1. The highest BCUT2D eigenvalue weighted by atomic mass is 32.2. The second-order valence-corrected chi connectivity index (χ2v) is 9.01. The molecule has 1 amide bonds. The van der Waals surface area contributed by atoms with Gasteiger partial charge in [0.15, 0.2) is 5.17 Å². The predicted octanol–water partition coefficient (Wildman–Crippen LogP) is 5.40. The third-order valence-electron chi connectivity index (χ3n) is 5.44. The number of aryl methyl sites for hydroxylation is 1. The van der Waals surface area contributed by atoms with Gasteiger partial charge in [0.25, 0.3) is 5.91 Å². The lowest BCUT2D eigenvalue weighted by molar-refractivity contribution is 0.100. The van der Waals surface area contributed by atoms with Crippen LogP contribution in [-0.2, 0) is 0 Å². The minimum atomic E-state index is -0.148. The Bertz CT molecular complexity index is 849. The first-order chi connectivity index (χ1) is 12.6. The number of hydrogen-bond acceptors (Lipinski definition) is 3. The van der Waals surface area contributed by atoms with Crippen molar-refractivity contribution >= 4 is 33.8 Å². The van der Waals surface area contributed by atoms with E-state index in [4.69, 9.17) is 4.42 Å². The standard InChI is InChI=1S/C21H26N2O2S/c1-3-4-11-23-14-21(9-5-6-10-21)26-20(23)22-19(24)16-7-8-18-17(13-16)12-15(2)25-18/h7-8,12-13H,3-6,9-11,14H2,1-2H3. The van der Waals surface area contributed by atoms with Crippen LogP contribution in [0.4, 0.5) is 0 Å². The van der Waals surface area contributed by atoms with Crippen molar-refractivity contribution in [2.45, 2.75) is 57.1 Å². The zero-order chi connectivity index (χ0) is 18.1. The summed E-state index contributed by atoms with van der Waals surface area (Å²) in [5, 5.41) is 1.89. The molecular formula is C21H26N2O2S. The first-order valence-corrected chi connectivity index (χ1v) is 10.5. The molecule has 0 bridgehead atoms. The van der Waals surface area contributed by atoms with Crippen LogP contribution in [0.15, 0.2) is 33.7 Å². The molecule has 0 unspecified atom stereocenters. The fourth-order valence-electron chi connectivity index (χ4n) is 4.06. The van der Waals surface area contributed by atoms with Crippen molar-refractivity contribution in [1.29, 1.82) is 0 Å². The van der Waals surface area contributed by atoms with Gasteiger partial charge in [0, 0.05) is 28.8 Å². The van der Waals surface area contributed by atoms with E-state index >= 15 is 0 Å². The number of amides is 1. The summed E-state index contributed by atoms with van der Waals surface area (Å²) in [6.45, 7) is 6.17. The molecule has 0 N–H and O–H groups in total. The van der Waals surface area contributed by atoms with Gasteiger partial charge in [0.05, 0.1) is 0 Å². The second kappa shape index (κ2) is 7.10. The van der Waals surface area contributed by atoms with Gasteiger partial charge in [0.1, 0.15) is 11.3 Å². The van der Waals surface area contributed by atoms with Crippen LogP contribution in [0.5, 0.6) is 0 Å². The maximum atomic E-state index is 12.8. The van der Waals surface area contributed by atoms with Crippen molar-refractivity contribution in [3.63, 3.8) is 0 Å². The number of thioether (sulfide) groups is 1. The summed E-state index contributed by atoms with van der Waals surface area (Å²) in [4.78, 5) is 19.7. The molecule has 2 aliphatic rings. The van der Waals surface area contributed by atoms with Crippen LogP contribution < -0.4 is 0 Å². The highest BCUT2D eigenvalue weighted by Gasteiger charge is 2.44. The Hall–Kier alpha value is -1.75. The van der Waals surface area contributed by atoms with Crippen LogP contribution in [0.1, 0.15) is 61.6 Å². The quantitative estimate of drug-likeness (QED) is 0.723. The Morgan fingerprint density at radius 2 is 2.12 bits per heavy atom. The molecule has 5 heteroatoms. The van der Waals surface area contributed by atoms with Crippen molar-refractivity contribution in [3.8, 4) is 0 Å². The number of furan rings is 1. The molecule has 1 aliphatic heterocycles. The Morgan fingerprint density at radius 1 is 1.31 bits per heavy atom. The highest BCUT2D eigenvalue weighted by Crippen LogP contribution is 2.47. The Morgan fingerprint density at radius 3 is 2.88 bits per heavy atom. The summed E-state index contributed by atoms with van der Waals surface area (Å²) < 4.78 is 5.89. The molecule has 4 nitrogen and oxygen atoms in total. The molecular weight excluding hydrogens is 344 g/mol. The molecule has 1 aliphatic carbocycles. The minimum absolute atomic E-state index is 0.148. The average Bonchev–Trinajstić information content (AvgIpc) is 3.31. The summed E-state index contributed by atoms with van der Waals surface area (Å²) in [6.07, 6.45) is 7.39. The predicted molar refractivity (Wildman–Crippen MR) is 108 cm³/mol. The maximum absolute atomic E-state index is 12.8. The third kappa shape index (κ3) is 3.41. The number of aliphatic imine (C=N–C) groups is 1. The molecule has 0 radical (unpaired) electrons. The Kier molecular flexibility index (Phi) is 4.82. The maximum Gasteiger partial charge on any atom is 0.279 e. The Balaban J connectivity index is 1.59. The van der Waals surface area contributed by atoms with Crippen molar-refractivity contribution in [1.82, 2.24) is 4.90 Å². The smallest absolute Gasteiger partial charge is 0.279 e. The van der Waals surface area contributed by atoms with Gasteiger partial charge in [-0.1, -0.05) is 37.9 Å². The number of carbonyl (C=O) groups is 1. The van der Waals surface area contributed by atoms with E-state index in [-0.39, 0.29) is 5.91 Å². The number of rotatable bonds is 4. The number of amidine groups is 1. The zero-order valence-electron chi connectivity index (χ0n) is 15.6. The van der Waals surface area contributed by atoms with Crippen LogP contribution in [0, 0.1) is 6.92 Å². The van der Waals surface area contributed by atoms with Crippen molar-refractivity contribution in [2.75, 3.05) is 13.1 Å². The highest BCUT2D eigenvalue weighted by molar-refractivity contribution is 8.15. The van der Waals surface area contributed by atoms with E-state index in [1.807, 2.05) is 43.0 Å². The van der Waals surface area contributed by atoms with E-state index in [0.29, 0.717) is 10.3 Å². The van der Waals surface area contributed by atoms with Gasteiger partial charge in [-0.25, -0.2) is 0 Å². The monoisotopic (exact) mass is 370 g/mol. The fourth-order valence-corrected chi connectivity index (χ4v) is 5.58. The Labute approximate surface area is 159 Å². The lowest BCUT2D eigenvalue weighted by Crippen LogP contribution is -2.31. The molecule has 1 aromatic carbocycles. The normalized spacial score (nSPS) is 20.7. The van der Waals surface area contributed by atoms with Gasteiger partial charge in [-0.2, -0.15) is 4.99 Å². The second-order valence-electron chi connectivity index (χ2n) is 7.58. The van der Waals surface area contributed by atoms with Crippen molar-refractivity contribution in [3.05, 3.63) is 35.6 Å². The van der Waals surface area contributed by atoms with Gasteiger partial charge in [-0.3, -0.25) is 4.79 Å². The molecule has 2 heterocycles. The first kappa shape index (κ1) is 17.7. The van der Waals surface area contributed by atoms with Crippen LogP contribution in [-0.4, -0.2) is 33.8 Å². The summed E-state index contributed by atoms with van der Waals surface area (Å²) >= 11 is 1.85. The molecule has 26 heavy (non-hydrogen) atoms. The molecule has 1 saturated heterocycles. The fraction of sp³-hybridized carbons (Fsp3) is 0.524. The summed E-state index contributed by atoms with van der Waals surface area (Å²) in [5.41, 5.74) is 1.45. The van der Waals surface area contributed by atoms with E-state index < -0.39 is 0 Å². The van der Waals surface area contributed by atoms with Crippen molar-refractivity contribution < 1.29 is 9.21 Å². The van der Waals surface area contributed by atoms with Crippen LogP contribution in [0.25, 0.3) is 11.0 Å². The van der Waals surface area contributed by atoms with Crippen LogP contribution >= 0.6 is 11.8 Å². The molecule has 2 aromatic rings. The lowest BCUT2D eigenvalue weighted by atomic mass is 10.1. The third-order valence-corrected chi connectivity index (χ3v) is 6.94. The average molecular weight is 371 g/mol. The summed E-state index contributed by atoms with van der Waals surface area (Å²) in [6, 6.07) is 7.54. The minimum Gasteiger partial charge on any atom is -0.461 e. The van der Waals surface area contributed by atoms with E-state index in [0.717, 1.165) is 47.8 Å². The first-order valence-electron chi connectivity index (χ1n) is 9.66. The van der Waals surface area contributed by atoms with Gasteiger partial charge in [-0.05, 0) is 50.5 Å². The summed E-state index contributed by atoms with van der Waals surface area (Å²) in [7, 11) is 0. The molecule has 1 saturated carbocycles. The number of carbonyl (C=O) groups excluding carboxylic acids is 1. The SMILES string of the molecule is CCCCN1CC2(CCCC2)SC1=NC(=O)c1ccc2oc(C)cc2c1.